The van der Waals surface area contributed by atoms with Crippen LogP contribution in [0.4, 0.5) is 0 Å². The highest BCUT2D eigenvalue weighted by Crippen LogP contribution is 2.35. The van der Waals surface area contributed by atoms with E-state index in [0.29, 0.717) is 23.3 Å². The molecule has 0 aromatic rings. The Balaban J connectivity index is 2.55. The fourth-order valence-electron chi connectivity index (χ4n) is 1.95. The average Bonchev–Trinajstić information content (AvgIpc) is 2.02. The normalized spacial score (nSPS) is 33.3. The van der Waals surface area contributed by atoms with Crippen LogP contribution in [0.3, 0.4) is 0 Å². The number of carboxylic acids is 1. The molecule has 0 bridgehead atoms. The minimum atomic E-state index is -0.967. The van der Waals surface area contributed by atoms with Gasteiger partial charge >= 0.3 is 5.97 Å². The lowest BCUT2D eigenvalue weighted by Crippen LogP contribution is -2.52. The number of hydrogen-bond donors (Lipinski definition) is 2. The van der Waals surface area contributed by atoms with Crippen LogP contribution in [0.5, 0.6) is 0 Å². The molecule has 82 valence electrons. The second-order valence-electron chi connectivity index (χ2n) is 4.36. The minimum Gasteiger partial charge on any atom is -0.480 e. The van der Waals surface area contributed by atoms with Crippen LogP contribution in [-0.2, 0) is 4.79 Å². The van der Waals surface area contributed by atoms with Crippen LogP contribution in [0.15, 0.2) is 0 Å². The first-order chi connectivity index (χ1) is 6.44. The van der Waals surface area contributed by atoms with Crippen molar-refractivity contribution in [1.29, 1.82) is 0 Å². The van der Waals surface area contributed by atoms with Gasteiger partial charge in [0.25, 0.3) is 0 Å². The Morgan fingerprint density at radius 1 is 1.64 bits per heavy atom. The number of thioether (sulfide) groups is 1. The molecule has 1 rings (SSSR count). The van der Waals surface area contributed by atoms with Crippen molar-refractivity contribution in [2.75, 3.05) is 0 Å². The Hall–Kier alpha value is -0.220. The van der Waals surface area contributed by atoms with E-state index >= 15 is 0 Å². The van der Waals surface area contributed by atoms with Gasteiger partial charge in [0.1, 0.15) is 5.54 Å². The molecular weight excluding hydrogens is 198 g/mol. The molecule has 14 heavy (non-hydrogen) atoms. The van der Waals surface area contributed by atoms with Gasteiger partial charge in [-0.15, -0.1) is 0 Å². The van der Waals surface area contributed by atoms with Crippen molar-refractivity contribution in [3.8, 4) is 0 Å². The Kier molecular flexibility index (Phi) is 3.84. The number of nitrogens with two attached hydrogens (primary N) is 1. The summed E-state index contributed by atoms with van der Waals surface area (Å²) < 4.78 is 0. The van der Waals surface area contributed by atoms with E-state index < -0.39 is 11.5 Å². The van der Waals surface area contributed by atoms with E-state index in [1.807, 2.05) is 11.8 Å². The summed E-state index contributed by atoms with van der Waals surface area (Å²) in [5.74, 6) is -0.841. The van der Waals surface area contributed by atoms with Gasteiger partial charge in [-0.3, -0.25) is 4.79 Å². The zero-order valence-corrected chi connectivity index (χ0v) is 9.64. The lowest BCUT2D eigenvalue weighted by molar-refractivity contribution is -0.144. The van der Waals surface area contributed by atoms with E-state index in [1.165, 1.54) is 0 Å². The van der Waals surface area contributed by atoms with Crippen LogP contribution in [0.1, 0.15) is 39.5 Å². The maximum atomic E-state index is 11.0. The second kappa shape index (κ2) is 4.53. The van der Waals surface area contributed by atoms with Gasteiger partial charge in [0.05, 0.1) is 0 Å². The molecule has 0 radical (unpaired) electrons. The fraction of sp³-hybridized carbons (Fsp3) is 0.900. The maximum Gasteiger partial charge on any atom is 0.323 e. The van der Waals surface area contributed by atoms with Crippen molar-refractivity contribution < 1.29 is 9.90 Å². The summed E-state index contributed by atoms with van der Waals surface area (Å²) in [5, 5.41) is 9.99. The van der Waals surface area contributed by atoms with Gasteiger partial charge in [0.15, 0.2) is 0 Å². The third-order valence-electron chi connectivity index (χ3n) is 2.63. The second-order valence-corrected chi connectivity index (χ2v) is 6.25. The van der Waals surface area contributed by atoms with Gasteiger partial charge in [0.2, 0.25) is 0 Å². The van der Waals surface area contributed by atoms with Crippen molar-refractivity contribution in [2.24, 2.45) is 5.73 Å². The first kappa shape index (κ1) is 11.9. The number of hydrogen-bond acceptors (Lipinski definition) is 3. The third-order valence-corrected chi connectivity index (χ3v) is 3.96. The highest BCUT2D eigenvalue weighted by Gasteiger charge is 2.39. The Bertz CT molecular complexity index is 220. The van der Waals surface area contributed by atoms with Crippen molar-refractivity contribution in [1.82, 2.24) is 0 Å². The molecule has 1 saturated carbocycles. The molecule has 4 heteroatoms. The van der Waals surface area contributed by atoms with Crippen molar-refractivity contribution >= 4 is 17.7 Å². The van der Waals surface area contributed by atoms with E-state index in [9.17, 15) is 4.79 Å². The molecule has 3 nitrogen and oxygen atoms in total. The molecule has 0 amide bonds. The summed E-state index contributed by atoms with van der Waals surface area (Å²) in [6.07, 6.45) is 3.28. The van der Waals surface area contributed by atoms with Gasteiger partial charge < -0.3 is 10.8 Å². The number of aliphatic carboxylic acids is 1. The molecular formula is C10H19NO2S. The molecule has 0 aromatic heterocycles. The molecule has 2 unspecified atom stereocenters. The molecule has 0 saturated heterocycles. The topological polar surface area (TPSA) is 63.3 Å². The fourth-order valence-corrected chi connectivity index (χ4v) is 3.42. The first-order valence-electron chi connectivity index (χ1n) is 5.12. The predicted octanol–water partition coefficient (Wildman–Crippen LogP) is 1.85. The number of carbonyl (C=O) groups is 1. The summed E-state index contributed by atoms with van der Waals surface area (Å²) in [6, 6.07) is 0. The quantitative estimate of drug-likeness (QED) is 0.757. The SMILES string of the molecule is CC(C)SC1CCCC(N)(C(=O)O)C1. The van der Waals surface area contributed by atoms with Gasteiger partial charge in [-0.25, -0.2) is 0 Å². The predicted molar refractivity (Wildman–Crippen MR) is 59.5 cm³/mol. The molecule has 0 heterocycles. The largest absolute Gasteiger partial charge is 0.480 e. The van der Waals surface area contributed by atoms with Crippen molar-refractivity contribution in [2.45, 2.75) is 55.6 Å². The van der Waals surface area contributed by atoms with E-state index in [4.69, 9.17) is 10.8 Å². The van der Waals surface area contributed by atoms with Gasteiger partial charge in [0, 0.05) is 5.25 Å². The standard InChI is InChI=1S/C10H19NO2S/c1-7(2)14-8-4-3-5-10(11,6-8)9(12)13/h7-8H,3-6,11H2,1-2H3,(H,12,13). The Labute approximate surface area is 89.4 Å². The van der Waals surface area contributed by atoms with Crippen LogP contribution < -0.4 is 5.73 Å². The number of rotatable bonds is 3. The van der Waals surface area contributed by atoms with E-state index in [1.54, 1.807) is 0 Å². The third kappa shape index (κ3) is 2.89. The Morgan fingerprint density at radius 3 is 2.79 bits per heavy atom. The number of carboxylic acid groups (broad SMARTS) is 1. The maximum absolute atomic E-state index is 11.0. The zero-order chi connectivity index (χ0) is 10.8. The highest BCUT2D eigenvalue weighted by atomic mass is 32.2. The van der Waals surface area contributed by atoms with Gasteiger partial charge in [-0.05, 0) is 30.9 Å². The summed E-state index contributed by atoms with van der Waals surface area (Å²) in [7, 11) is 0. The summed E-state index contributed by atoms with van der Waals surface area (Å²) >= 11 is 1.85. The molecule has 3 N–H and O–H groups in total. The first-order valence-corrected chi connectivity index (χ1v) is 6.06. The molecule has 0 aromatic carbocycles. The van der Waals surface area contributed by atoms with Crippen LogP contribution >= 0.6 is 11.8 Å². The van der Waals surface area contributed by atoms with Gasteiger partial charge in [-0.2, -0.15) is 11.8 Å². The zero-order valence-electron chi connectivity index (χ0n) is 8.82. The van der Waals surface area contributed by atoms with Crippen LogP contribution in [0.2, 0.25) is 0 Å². The summed E-state index contributed by atoms with van der Waals surface area (Å²) in [6.45, 7) is 4.27. The van der Waals surface area contributed by atoms with Crippen LogP contribution in [0.25, 0.3) is 0 Å². The minimum absolute atomic E-state index is 0.421. The van der Waals surface area contributed by atoms with E-state index in [0.717, 1.165) is 12.8 Å². The van der Waals surface area contributed by atoms with Crippen LogP contribution in [0, 0.1) is 0 Å². The summed E-state index contributed by atoms with van der Waals surface area (Å²) in [5.41, 5.74) is 4.89. The molecule has 2 atom stereocenters. The summed E-state index contributed by atoms with van der Waals surface area (Å²) in [4.78, 5) is 11.0. The molecule has 0 aliphatic heterocycles. The molecule has 0 spiro atoms. The smallest absolute Gasteiger partial charge is 0.323 e. The van der Waals surface area contributed by atoms with Crippen LogP contribution in [-0.4, -0.2) is 27.1 Å². The van der Waals surface area contributed by atoms with E-state index in [2.05, 4.69) is 13.8 Å². The Morgan fingerprint density at radius 2 is 2.29 bits per heavy atom. The van der Waals surface area contributed by atoms with Crippen molar-refractivity contribution in [3.63, 3.8) is 0 Å². The molecule has 1 fully saturated rings. The van der Waals surface area contributed by atoms with Gasteiger partial charge in [-0.1, -0.05) is 13.8 Å². The van der Waals surface area contributed by atoms with E-state index in [-0.39, 0.29) is 0 Å². The molecule has 1 aliphatic carbocycles. The lowest BCUT2D eigenvalue weighted by Gasteiger charge is -2.34. The lowest BCUT2D eigenvalue weighted by atomic mass is 9.82. The molecule has 1 aliphatic rings. The monoisotopic (exact) mass is 217 g/mol. The highest BCUT2D eigenvalue weighted by molar-refractivity contribution is 8.00. The average molecular weight is 217 g/mol. The van der Waals surface area contributed by atoms with Crippen molar-refractivity contribution in [3.05, 3.63) is 0 Å².